The van der Waals surface area contributed by atoms with Crippen LogP contribution in [0.25, 0.3) is 0 Å². The number of rotatable bonds is 5. The van der Waals surface area contributed by atoms with Crippen molar-refractivity contribution in [2.45, 2.75) is 19.3 Å². The highest BCUT2D eigenvalue weighted by molar-refractivity contribution is 5.92. The van der Waals surface area contributed by atoms with Gasteiger partial charge in [-0.2, -0.15) is 0 Å². The second-order valence-electron chi connectivity index (χ2n) is 5.23. The number of ether oxygens (including phenoxy) is 2. The summed E-state index contributed by atoms with van der Waals surface area (Å²) in [7, 11) is 0. The van der Waals surface area contributed by atoms with Crippen LogP contribution in [-0.4, -0.2) is 19.1 Å². The molecule has 0 saturated carbocycles. The monoisotopic (exact) mass is 297 g/mol. The molecule has 1 unspecified atom stereocenters. The van der Waals surface area contributed by atoms with Crippen molar-refractivity contribution in [3.63, 3.8) is 0 Å². The van der Waals surface area contributed by atoms with Gasteiger partial charge in [-0.05, 0) is 25.1 Å². The van der Waals surface area contributed by atoms with Crippen LogP contribution in [0, 0.1) is 0 Å². The molecule has 4 nitrogen and oxygen atoms in total. The summed E-state index contributed by atoms with van der Waals surface area (Å²) in [5.74, 6) is 1.66. The van der Waals surface area contributed by atoms with Gasteiger partial charge in [0.15, 0.2) is 0 Å². The standard InChI is InChI=1S/C18H19NO3/c1-2-21-17-10-6-4-8-15(17)19-18(20)11-13-12-22-16-9-5-3-7-14(13)16/h3-10,13H,2,11-12H2,1H3,(H,19,20). The van der Waals surface area contributed by atoms with E-state index in [-0.39, 0.29) is 11.8 Å². The van der Waals surface area contributed by atoms with Gasteiger partial charge in [0.2, 0.25) is 5.91 Å². The van der Waals surface area contributed by atoms with E-state index in [9.17, 15) is 4.79 Å². The Morgan fingerprint density at radius 1 is 1.23 bits per heavy atom. The second-order valence-corrected chi connectivity index (χ2v) is 5.23. The van der Waals surface area contributed by atoms with Crippen LogP contribution >= 0.6 is 0 Å². The highest BCUT2D eigenvalue weighted by atomic mass is 16.5. The Bertz CT molecular complexity index is 669. The van der Waals surface area contributed by atoms with Gasteiger partial charge in [-0.1, -0.05) is 30.3 Å². The van der Waals surface area contributed by atoms with Gasteiger partial charge in [-0.3, -0.25) is 4.79 Å². The predicted octanol–water partition coefficient (Wildman–Crippen LogP) is 3.59. The summed E-state index contributed by atoms with van der Waals surface area (Å²) in [5.41, 5.74) is 1.82. The van der Waals surface area contributed by atoms with Crippen LogP contribution in [0.15, 0.2) is 48.5 Å². The van der Waals surface area contributed by atoms with Gasteiger partial charge in [0.25, 0.3) is 0 Å². The topological polar surface area (TPSA) is 47.6 Å². The molecule has 4 heteroatoms. The molecule has 1 heterocycles. The lowest BCUT2D eigenvalue weighted by molar-refractivity contribution is -0.116. The number of hydrogen-bond acceptors (Lipinski definition) is 3. The van der Waals surface area contributed by atoms with Gasteiger partial charge in [-0.25, -0.2) is 0 Å². The first-order valence-electron chi connectivity index (χ1n) is 7.51. The zero-order chi connectivity index (χ0) is 15.4. The van der Waals surface area contributed by atoms with E-state index in [2.05, 4.69) is 5.32 Å². The molecule has 1 atom stereocenters. The smallest absolute Gasteiger partial charge is 0.225 e. The first-order valence-corrected chi connectivity index (χ1v) is 7.51. The molecule has 3 rings (SSSR count). The van der Waals surface area contributed by atoms with Crippen molar-refractivity contribution in [3.05, 3.63) is 54.1 Å². The molecule has 1 aliphatic rings. The number of anilines is 1. The average molecular weight is 297 g/mol. The number of benzene rings is 2. The number of nitrogens with one attached hydrogen (secondary N) is 1. The number of carbonyl (C=O) groups excluding carboxylic acids is 1. The van der Waals surface area contributed by atoms with Gasteiger partial charge in [-0.15, -0.1) is 0 Å². The fourth-order valence-corrected chi connectivity index (χ4v) is 2.67. The Kier molecular flexibility index (Phi) is 4.28. The van der Waals surface area contributed by atoms with Gasteiger partial charge in [0.1, 0.15) is 11.5 Å². The lowest BCUT2D eigenvalue weighted by Gasteiger charge is -2.13. The zero-order valence-corrected chi connectivity index (χ0v) is 12.5. The molecular weight excluding hydrogens is 278 g/mol. The van der Waals surface area contributed by atoms with E-state index >= 15 is 0 Å². The minimum absolute atomic E-state index is 0.0301. The van der Waals surface area contributed by atoms with Crippen LogP contribution in [0.3, 0.4) is 0 Å². The van der Waals surface area contributed by atoms with Crippen LogP contribution in [0.2, 0.25) is 0 Å². The summed E-state index contributed by atoms with van der Waals surface area (Å²) in [6, 6.07) is 15.4. The quantitative estimate of drug-likeness (QED) is 0.917. The van der Waals surface area contributed by atoms with E-state index in [1.165, 1.54) is 0 Å². The zero-order valence-electron chi connectivity index (χ0n) is 12.5. The summed E-state index contributed by atoms with van der Waals surface area (Å²) in [4.78, 5) is 12.3. The molecular formula is C18H19NO3. The van der Waals surface area contributed by atoms with Crippen LogP contribution in [0.5, 0.6) is 11.5 Å². The molecule has 2 aromatic carbocycles. The highest BCUT2D eigenvalue weighted by Crippen LogP contribution is 2.35. The Labute approximate surface area is 130 Å². The Morgan fingerprint density at radius 3 is 2.86 bits per heavy atom. The van der Waals surface area contributed by atoms with Crippen molar-refractivity contribution in [2.75, 3.05) is 18.5 Å². The van der Waals surface area contributed by atoms with Crippen molar-refractivity contribution in [3.8, 4) is 11.5 Å². The third-order valence-electron chi connectivity index (χ3n) is 3.69. The molecule has 0 aliphatic carbocycles. The molecule has 0 radical (unpaired) electrons. The summed E-state index contributed by atoms with van der Waals surface area (Å²) >= 11 is 0. The lowest BCUT2D eigenvalue weighted by atomic mass is 9.97. The summed E-state index contributed by atoms with van der Waals surface area (Å²) in [5, 5.41) is 2.93. The second kappa shape index (κ2) is 6.52. The van der Waals surface area contributed by atoms with Crippen molar-refractivity contribution >= 4 is 11.6 Å². The van der Waals surface area contributed by atoms with Gasteiger partial charge >= 0.3 is 0 Å². The summed E-state index contributed by atoms with van der Waals surface area (Å²) in [6.45, 7) is 3.04. The van der Waals surface area contributed by atoms with Gasteiger partial charge in [0.05, 0.1) is 18.9 Å². The van der Waals surface area contributed by atoms with Crippen molar-refractivity contribution in [1.82, 2.24) is 0 Å². The third-order valence-corrected chi connectivity index (χ3v) is 3.69. The molecule has 1 aliphatic heterocycles. The van der Waals surface area contributed by atoms with Crippen LogP contribution in [0.1, 0.15) is 24.8 Å². The summed E-state index contributed by atoms with van der Waals surface area (Å²) in [6.07, 6.45) is 0.400. The van der Waals surface area contributed by atoms with E-state index < -0.39 is 0 Å². The van der Waals surface area contributed by atoms with E-state index in [4.69, 9.17) is 9.47 Å². The maximum Gasteiger partial charge on any atom is 0.225 e. The van der Waals surface area contributed by atoms with Crippen molar-refractivity contribution in [1.29, 1.82) is 0 Å². The van der Waals surface area contributed by atoms with Crippen LogP contribution in [0.4, 0.5) is 5.69 Å². The minimum atomic E-state index is -0.0301. The highest BCUT2D eigenvalue weighted by Gasteiger charge is 2.26. The van der Waals surface area contributed by atoms with E-state index in [0.29, 0.717) is 31.1 Å². The SMILES string of the molecule is CCOc1ccccc1NC(=O)CC1COc2ccccc21. The van der Waals surface area contributed by atoms with E-state index in [1.54, 1.807) is 0 Å². The molecule has 0 bridgehead atoms. The number of fused-ring (bicyclic) bond motifs is 1. The maximum atomic E-state index is 12.3. The van der Waals surface area contributed by atoms with Gasteiger partial charge in [0, 0.05) is 17.9 Å². The molecule has 0 fully saturated rings. The Balaban J connectivity index is 1.67. The van der Waals surface area contributed by atoms with E-state index in [1.807, 2.05) is 55.5 Å². The lowest BCUT2D eigenvalue weighted by Crippen LogP contribution is -2.17. The maximum absolute atomic E-state index is 12.3. The molecule has 0 spiro atoms. The summed E-state index contributed by atoms with van der Waals surface area (Å²) < 4.78 is 11.1. The normalized spacial score (nSPS) is 15.8. The molecule has 1 amide bonds. The first kappa shape index (κ1) is 14.4. The van der Waals surface area contributed by atoms with Crippen LogP contribution in [-0.2, 0) is 4.79 Å². The number of para-hydroxylation sites is 3. The molecule has 1 N–H and O–H groups in total. The predicted molar refractivity (Wildman–Crippen MR) is 85.5 cm³/mol. The van der Waals surface area contributed by atoms with Gasteiger partial charge < -0.3 is 14.8 Å². The van der Waals surface area contributed by atoms with Crippen molar-refractivity contribution in [2.24, 2.45) is 0 Å². The molecule has 114 valence electrons. The molecule has 0 aromatic heterocycles. The fraction of sp³-hybridized carbons (Fsp3) is 0.278. The molecule has 2 aromatic rings. The Morgan fingerprint density at radius 2 is 2.00 bits per heavy atom. The first-order chi connectivity index (χ1) is 10.8. The van der Waals surface area contributed by atoms with Crippen molar-refractivity contribution < 1.29 is 14.3 Å². The third kappa shape index (κ3) is 3.06. The average Bonchev–Trinajstić information content (AvgIpc) is 2.93. The number of hydrogen-bond donors (Lipinski definition) is 1. The van der Waals surface area contributed by atoms with E-state index in [0.717, 1.165) is 11.3 Å². The molecule has 22 heavy (non-hydrogen) atoms. The number of carbonyl (C=O) groups is 1. The minimum Gasteiger partial charge on any atom is -0.493 e. The van der Waals surface area contributed by atoms with Crippen LogP contribution < -0.4 is 14.8 Å². The Hall–Kier alpha value is -2.49. The fourth-order valence-electron chi connectivity index (χ4n) is 2.67. The number of amides is 1. The largest absolute Gasteiger partial charge is 0.493 e. The molecule has 0 saturated heterocycles.